The van der Waals surface area contributed by atoms with E-state index in [1.807, 2.05) is 26.8 Å². The molecular weight excluding hydrogens is 200 g/mol. The standard InChI is InChI=1S/C11H16N2O.C2H6/c1-7(2)10-5-9(11(14)12-4)6-13-8(10)3;1-2/h5-7H,1-4H3,(H,12,14);1-2H3. The molecule has 0 aliphatic carbocycles. The number of nitrogens with one attached hydrogen (secondary N) is 1. The lowest BCUT2D eigenvalue weighted by Crippen LogP contribution is -2.18. The fourth-order valence-electron chi connectivity index (χ4n) is 1.40. The summed E-state index contributed by atoms with van der Waals surface area (Å²) in [5.41, 5.74) is 2.75. The Bertz CT molecular complexity index is 346. The van der Waals surface area contributed by atoms with E-state index in [4.69, 9.17) is 0 Å². The first-order valence-electron chi connectivity index (χ1n) is 5.75. The molecule has 0 saturated heterocycles. The van der Waals surface area contributed by atoms with Gasteiger partial charge in [0.15, 0.2) is 0 Å². The minimum Gasteiger partial charge on any atom is -0.355 e. The molecule has 0 radical (unpaired) electrons. The van der Waals surface area contributed by atoms with E-state index in [1.165, 1.54) is 0 Å². The maximum absolute atomic E-state index is 11.3. The van der Waals surface area contributed by atoms with E-state index in [0.29, 0.717) is 11.5 Å². The van der Waals surface area contributed by atoms with Crippen LogP contribution in [0.15, 0.2) is 12.3 Å². The van der Waals surface area contributed by atoms with Crippen molar-refractivity contribution in [3.8, 4) is 0 Å². The van der Waals surface area contributed by atoms with Crippen molar-refractivity contribution in [2.45, 2.75) is 40.5 Å². The van der Waals surface area contributed by atoms with Crippen LogP contribution >= 0.6 is 0 Å². The number of hydrogen-bond acceptors (Lipinski definition) is 2. The van der Waals surface area contributed by atoms with Crippen LogP contribution in [0.25, 0.3) is 0 Å². The quantitative estimate of drug-likeness (QED) is 0.836. The molecule has 0 bridgehead atoms. The van der Waals surface area contributed by atoms with Gasteiger partial charge in [-0.05, 0) is 24.5 Å². The summed E-state index contributed by atoms with van der Waals surface area (Å²) in [5, 5.41) is 2.59. The number of carbonyl (C=O) groups excluding carboxylic acids is 1. The minimum absolute atomic E-state index is 0.0839. The van der Waals surface area contributed by atoms with E-state index >= 15 is 0 Å². The fourth-order valence-corrected chi connectivity index (χ4v) is 1.40. The highest BCUT2D eigenvalue weighted by Gasteiger charge is 2.09. The molecule has 0 aromatic carbocycles. The summed E-state index contributed by atoms with van der Waals surface area (Å²) < 4.78 is 0. The summed E-state index contributed by atoms with van der Waals surface area (Å²) in [4.78, 5) is 15.6. The van der Waals surface area contributed by atoms with Crippen LogP contribution in [0.3, 0.4) is 0 Å². The Kier molecular flexibility index (Phi) is 6.38. The SMILES string of the molecule is CC.CNC(=O)c1cnc(C)c(C(C)C)c1. The highest BCUT2D eigenvalue weighted by Crippen LogP contribution is 2.18. The second-order valence-electron chi connectivity index (χ2n) is 3.63. The third-order valence-corrected chi connectivity index (χ3v) is 2.24. The summed E-state index contributed by atoms with van der Waals surface area (Å²) in [5.74, 6) is 0.312. The molecule has 0 atom stereocenters. The zero-order chi connectivity index (χ0) is 12.7. The molecule has 1 rings (SSSR count). The van der Waals surface area contributed by atoms with E-state index in [9.17, 15) is 4.79 Å². The third kappa shape index (κ3) is 3.65. The van der Waals surface area contributed by atoms with Gasteiger partial charge in [0, 0.05) is 18.9 Å². The van der Waals surface area contributed by atoms with Crippen LogP contribution in [0.4, 0.5) is 0 Å². The molecule has 1 aromatic rings. The molecule has 3 nitrogen and oxygen atoms in total. The van der Waals surface area contributed by atoms with Gasteiger partial charge in [0.1, 0.15) is 0 Å². The number of amides is 1. The Balaban J connectivity index is 0.00000106. The first-order chi connectivity index (χ1) is 7.56. The van der Waals surface area contributed by atoms with E-state index in [2.05, 4.69) is 24.1 Å². The zero-order valence-electron chi connectivity index (χ0n) is 11.1. The Hall–Kier alpha value is -1.38. The molecule has 1 amide bonds. The van der Waals surface area contributed by atoms with Crippen molar-refractivity contribution in [2.24, 2.45) is 0 Å². The van der Waals surface area contributed by atoms with Crippen LogP contribution < -0.4 is 5.32 Å². The van der Waals surface area contributed by atoms with Gasteiger partial charge in [-0.2, -0.15) is 0 Å². The predicted molar refractivity (Wildman–Crippen MR) is 67.8 cm³/mol. The lowest BCUT2D eigenvalue weighted by Gasteiger charge is -2.10. The first kappa shape index (κ1) is 14.6. The van der Waals surface area contributed by atoms with Crippen molar-refractivity contribution in [3.05, 3.63) is 29.1 Å². The molecule has 1 N–H and O–H groups in total. The lowest BCUT2D eigenvalue weighted by molar-refractivity contribution is 0.0962. The highest BCUT2D eigenvalue weighted by molar-refractivity contribution is 5.93. The van der Waals surface area contributed by atoms with Crippen LogP contribution in [-0.4, -0.2) is 17.9 Å². The van der Waals surface area contributed by atoms with Crippen molar-refractivity contribution < 1.29 is 4.79 Å². The molecule has 0 spiro atoms. The summed E-state index contributed by atoms with van der Waals surface area (Å²) in [6.45, 7) is 10.2. The van der Waals surface area contributed by atoms with Crippen LogP contribution in [-0.2, 0) is 0 Å². The van der Waals surface area contributed by atoms with Crippen molar-refractivity contribution in [3.63, 3.8) is 0 Å². The molecule has 0 saturated carbocycles. The fraction of sp³-hybridized carbons (Fsp3) is 0.538. The Morgan fingerprint density at radius 2 is 1.94 bits per heavy atom. The van der Waals surface area contributed by atoms with Gasteiger partial charge >= 0.3 is 0 Å². The van der Waals surface area contributed by atoms with Gasteiger partial charge < -0.3 is 5.32 Å². The molecule has 0 unspecified atom stereocenters. The second-order valence-corrected chi connectivity index (χ2v) is 3.63. The van der Waals surface area contributed by atoms with Crippen LogP contribution in [0.5, 0.6) is 0 Å². The van der Waals surface area contributed by atoms with Crippen molar-refractivity contribution in [1.29, 1.82) is 0 Å². The van der Waals surface area contributed by atoms with Gasteiger partial charge in [-0.25, -0.2) is 0 Å². The zero-order valence-corrected chi connectivity index (χ0v) is 11.1. The van der Waals surface area contributed by atoms with Crippen molar-refractivity contribution in [2.75, 3.05) is 7.05 Å². The van der Waals surface area contributed by atoms with E-state index in [-0.39, 0.29) is 5.91 Å². The maximum atomic E-state index is 11.3. The van der Waals surface area contributed by atoms with Gasteiger partial charge in [-0.15, -0.1) is 0 Å². The maximum Gasteiger partial charge on any atom is 0.252 e. The summed E-state index contributed by atoms with van der Waals surface area (Å²) >= 11 is 0. The first-order valence-corrected chi connectivity index (χ1v) is 5.75. The number of nitrogens with zero attached hydrogens (tertiary/aromatic N) is 1. The van der Waals surface area contributed by atoms with Crippen LogP contribution in [0.2, 0.25) is 0 Å². The molecule has 3 heteroatoms. The number of hydrogen-bond donors (Lipinski definition) is 1. The molecule has 1 aromatic heterocycles. The van der Waals surface area contributed by atoms with E-state index in [1.54, 1.807) is 13.2 Å². The monoisotopic (exact) mass is 222 g/mol. The predicted octanol–water partition coefficient (Wildman–Crippen LogP) is 2.90. The average molecular weight is 222 g/mol. The second kappa shape index (κ2) is 6.99. The number of rotatable bonds is 2. The average Bonchev–Trinajstić information content (AvgIpc) is 2.31. The van der Waals surface area contributed by atoms with Gasteiger partial charge in [-0.3, -0.25) is 9.78 Å². The number of aryl methyl sites for hydroxylation is 1. The Morgan fingerprint density at radius 1 is 1.38 bits per heavy atom. The molecule has 90 valence electrons. The van der Waals surface area contributed by atoms with Gasteiger partial charge in [-0.1, -0.05) is 27.7 Å². The third-order valence-electron chi connectivity index (χ3n) is 2.24. The molecule has 16 heavy (non-hydrogen) atoms. The highest BCUT2D eigenvalue weighted by atomic mass is 16.1. The summed E-state index contributed by atoms with van der Waals surface area (Å²) in [6.07, 6.45) is 1.61. The number of aromatic nitrogens is 1. The number of carbonyl (C=O) groups is 1. The molecular formula is C13H22N2O. The minimum atomic E-state index is -0.0839. The molecule has 0 aliphatic rings. The van der Waals surface area contributed by atoms with Gasteiger partial charge in [0.2, 0.25) is 0 Å². The smallest absolute Gasteiger partial charge is 0.252 e. The van der Waals surface area contributed by atoms with Crippen LogP contribution in [0, 0.1) is 6.92 Å². The molecule has 0 fully saturated rings. The van der Waals surface area contributed by atoms with Gasteiger partial charge in [0.25, 0.3) is 5.91 Å². The Morgan fingerprint density at radius 3 is 2.38 bits per heavy atom. The van der Waals surface area contributed by atoms with E-state index < -0.39 is 0 Å². The summed E-state index contributed by atoms with van der Waals surface area (Å²) in [7, 11) is 1.62. The normalized spacial score (nSPS) is 9.44. The Labute approximate surface area is 98.3 Å². The van der Waals surface area contributed by atoms with Crippen molar-refractivity contribution in [1.82, 2.24) is 10.3 Å². The molecule has 0 aliphatic heterocycles. The topological polar surface area (TPSA) is 42.0 Å². The van der Waals surface area contributed by atoms with E-state index in [0.717, 1.165) is 11.3 Å². The number of pyridine rings is 1. The largest absolute Gasteiger partial charge is 0.355 e. The van der Waals surface area contributed by atoms with Gasteiger partial charge in [0.05, 0.1) is 5.56 Å². The molecule has 1 heterocycles. The van der Waals surface area contributed by atoms with Crippen LogP contribution in [0.1, 0.15) is 55.2 Å². The lowest BCUT2D eigenvalue weighted by atomic mass is 10.00. The summed E-state index contributed by atoms with van der Waals surface area (Å²) in [6, 6.07) is 1.91. The van der Waals surface area contributed by atoms with Crippen molar-refractivity contribution >= 4 is 5.91 Å².